The summed E-state index contributed by atoms with van der Waals surface area (Å²) in [6.45, 7) is 1.83. The molecule has 0 saturated carbocycles. The average molecular weight is 410 g/mol. The Labute approximate surface area is 167 Å². The number of hydrogen-bond donors (Lipinski definition) is 3. The third kappa shape index (κ3) is 5.24. The van der Waals surface area contributed by atoms with E-state index in [2.05, 4.69) is 15.5 Å². The standard InChI is InChI=1S/C20H18N4O4S/c1-13-12-17(22-20(25)14-2-4-15(21)5-3-14)8-11-19(13)24-23-16-6-9-18(10-7-16)29(26,27)28/h2-12H,21H2,1H3,(H,22,25)(H,26,27,28). The van der Waals surface area contributed by atoms with E-state index in [-0.39, 0.29) is 10.8 Å². The van der Waals surface area contributed by atoms with Crippen LogP contribution in [0.2, 0.25) is 0 Å². The molecule has 148 valence electrons. The van der Waals surface area contributed by atoms with Gasteiger partial charge in [0, 0.05) is 16.9 Å². The van der Waals surface area contributed by atoms with Gasteiger partial charge in [0.25, 0.3) is 16.0 Å². The minimum absolute atomic E-state index is 0.214. The molecule has 29 heavy (non-hydrogen) atoms. The van der Waals surface area contributed by atoms with Gasteiger partial charge in [-0.25, -0.2) is 0 Å². The lowest BCUT2D eigenvalue weighted by Crippen LogP contribution is -2.11. The first kappa shape index (κ1) is 20.2. The van der Waals surface area contributed by atoms with Gasteiger partial charge in [-0.05, 0) is 79.2 Å². The van der Waals surface area contributed by atoms with Crippen molar-refractivity contribution in [2.45, 2.75) is 11.8 Å². The van der Waals surface area contributed by atoms with Crippen LogP contribution in [0.15, 0.2) is 81.9 Å². The molecule has 8 nitrogen and oxygen atoms in total. The minimum Gasteiger partial charge on any atom is -0.399 e. The summed E-state index contributed by atoms with van der Waals surface area (Å²) in [5, 5.41) is 11.0. The monoisotopic (exact) mass is 410 g/mol. The molecule has 4 N–H and O–H groups in total. The zero-order valence-corrected chi connectivity index (χ0v) is 16.2. The lowest BCUT2D eigenvalue weighted by molar-refractivity contribution is 0.102. The highest BCUT2D eigenvalue weighted by Gasteiger charge is 2.09. The van der Waals surface area contributed by atoms with Crippen molar-refractivity contribution in [3.63, 3.8) is 0 Å². The molecule has 0 saturated heterocycles. The number of carbonyl (C=O) groups is 1. The molecule has 1 amide bonds. The highest BCUT2D eigenvalue weighted by atomic mass is 32.2. The number of anilines is 2. The SMILES string of the molecule is Cc1cc(NC(=O)c2ccc(N)cc2)ccc1N=Nc1ccc(S(=O)(=O)O)cc1. The number of amides is 1. The molecule has 0 aliphatic rings. The number of carbonyl (C=O) groups excluding carboxylic acids is 1. The molecule has 3 aromatic rings. The number of nitrogens with two attached hydrogens (primary N) is 1. The van der Waals surface area contributed by atoms with Crippen LogP contribution in [0.4, 0.5) is 22.7 Å². The van der Waals surface area contributed by atoms with E-state index in [9.17, 15) is 13.2 Å². The number of benzene rings is 3. The van der Waals surface area contributed by atoms with Gasteiger partial charge in [0.1, 0.15) is 0 Å². The number of nitrogens with zero attached hydrogens (tertiary/aromatic N) is 2. The van der Waals surface area contributed by atoms with Crippen LogP contribution in [0.5, 0.6) is 0 Å². The Balaban J connectivity index is 1.71. The third-order valence-corrected chi connectivity index (χ3v) is 4.90. The van der Waals surface area contributed by atoms with E-state index in [1.165, 1.54) is 24.3 Å². The fourth-order valence-electron chi connectivity index (χ4n) is 2.48. The van der Waals surface area contributed by atoms with Crippen LogP contribution in [0, 0.1) is 6.92 Å². The van der Waals surface area contributed by atoms with E-state index in [1.807, 2.05) is 6.92 Å². The van der Waals surface area contributed by atoms with Gasteiger partial charge < -0.3 is 11.1 Å². The molecule has 0 atom stereocenters. The highest BCUT2D eigenvalue weighted by molar-refractivity contribution is 7.85. The summed E-state index contributed by atoms with van der Waals surface area (Å²) in [5.41, 5.74) is 9.12. The fourth-order valence-corrected chi connectivity index (χ4v) is 2.96. The maximum Gasteiger partial charge on any atom is 0.294 e. The van der Waals surface area contributed by atoms with E-state index in [0.29, 0.717) is 28.3 Å². The molecule has 0 bridgehead atoms. The van der Waals surface area contributed by atoms with Crippen LogP contribution in [-0.2, 0) is 10.1 Å². The molecule has 3 aromatic carbocycles. The second-order valence-corrected chi connectivity index (χ2v) is 7.67. The van der Waals surface area contributed by atoms with E-state index in [4.69, 9.17) is 10.3 Å². The molecule has 0 fully saturated rings. The molecule has 0 radical (unpaired) electrons. The first-order chi connectivity index (χ1) is 13.7. The number of nitrogens with one attached hydrogen (secondary N) is 1. The normalized spacial score (nSPS) is 11.5. The van der Waals surface area contributed by atoms with Gasteiger partial charge in [-0.3, -0.25) is 9.35 Å². The summed E-state index contributed by atoms with van der Waals surface area (Å²) >= 11 is 0. The Hall–Kier alpha value is -3.56. The van der Waals surface area contributed by atoms with E-state index >= 15 is 0 Å². The van der Waals surface area contributed by atoms with Gasteiger partial charge in [-0.15, -0.1) is 0 Å². The zero-order valence-electron chi connectivity index (χ0n) is 15.4. The number of rotatable bonds is 5. The predicted molar refractivity (Wildman–Crippen MR) is 110 cm³/mol. The zero-order chi connectivity index (χ0) is 21.0. The third-order valence-electron chi connectivity index (χ3n) is 4.04. The van der Waals surface area contributed by atoms with Gasteiger partial charge in [0.15, 0.2) is 0 Å². The second-order valence-electron chi connectivity index (χ2n) is 6.25. The van der Waals surface area contributed by atoms with Crippen molar-refractivity contribution < 1.29 is 17.8 Å². The fraction of sp³-hybridized carbons (Fsp3) is 0.0500. The van der Waals surface area contributed by atoms with Crippen LogP contribution in [0.3, 0.4) is 0 Å². The summed E-state index contributed by atoms with van der Waals surface area (Å²) in [6.07, 6.45) is 0. The van der Waals surface area contributed by atoms with Crippen molar-refractivity contribution in [2.75, 3.05) is 11.1 Å². The van der Waals surface area contributed by atoms with Crippen molar-refractivity contribution in [1.82, 2.24) is 0 Å². The molecule has 0 heterocycles. The van der Waals surface area contributed by atoms with E-state index in [0.717, 1.165) is 5.56 Å². The molecule has 0 spiro atoms. The smallest absolute Gasteiger partial charge is 0.294 e. The Morgan fingerprint density at radius 2 is 1.62 bits per heavy atom. The van der Waals surface area contributed by atoms with Crippen molar-refractivity contribution in [3.8, 4) is 0 Å². The molecular formula is C20H18N4O4S. The second kappa shape index (κ2) is 8.21. The summed E-state index contributed by atoms with van der Waals surface area (Å²) in [7, 11) is -4.24. The lowest BCUT2D eigenvalue weighted by Gasteiger charge is -2.07. The van der Waals surface area contributed by atoms with Crippen LogP contribution in [0.25, 0.3) is 0 Å². The topological polar surface area (TPSA) is 134 Å². The summed E-state index contributed by atoms with van der Waals surface area (Å²) < 4.78 is 31.1. The van der Waals surface area contributed by atoms with Gasteiger partial charge in [-0.1, -0.05) is 0 Å². The van der Waals surface area contributed by atoms with Gasteiger partial charge in [-0.2, -0.15) is 18.6 Å². The van der Waals surface area contributed by atoms with Crippen molar-refractivity contribution >= 4 is 38.8 Å². The quantitative estimate of drug-likeness (QED) is 0.323. The minimum atomic E-state index is -4.24. The van der Waals surface area contributed by atoms with Crippen molar-refractivity contribution in [2.24, 2.45) is 10.2 Å². The number of hydrogen-bond acceptors (Lipinski definition) is 6. The molecule has 0 aromatic heterocycles. The predicted octanol–water partition coefficient (Wildman–Crippen LogP) is 4.49. The first-order valence-corrected chi connectivity index (χ1v) is 9.93. The number of nitrogen functional groups attached to an aromatic ring is 1. The van der Waals surface area contributed by atoms with Gasteiger partial charge >= 0.3 is 0 Å². The molecular weight excluding hydrogens is 392 g/mol. The highest BCUT2D eigenvalue weighted by Crippen LogP contribution is 2.25. The Morgan fingerprint density at radius 1 is 0.966 bits per heavy atom. The largest absolute Gasteiger partial charge is 0.399 e. The van der Waals surface area contributed by atoms with Crippen LogP contribution < -0.4 is 11.1 Å². The number of aryl methyl sites for hydroxylation is 1. The van der Waals surface area contributed by atoms with Crippen LogP contribution in [0.1, 0.15) is 15.9 Å². The molecule has 0 aliphatic carbocycles. The summed E-state index contributed by atoms with van der Waals surface area (Å²) in [5.74, 6) is -0.252. The van der Waals surface area contributed by atoms with Gasteiger partial charge in [0.2, 0.25) is 0 Å². The first-order valence-electron chi connectivity index (χ1n) is 8.49. The van der Waals surface area contributed by atoms with Crippen molar-refractivity contribution in [3.05, 3.63) is 77.9 Å². The van der Waals surface area contributed by atoms with Crippen molar-refractivity contribution in [1.29, 1.82) is 0 Å². The molecule has 3 rings (SSSR count). The van der Waals surface area contributed by atoms with E-state index in [1.54, 1.807) is 42.5 Å². The van der Waals surface area contributed by atoms with Crippen LogP contribution >= 0.6 is 0 Å². The van der Waals surface area contributed by atoms with E-state index < -0.39 is 10.1 Å². The lowest BCUT2D eigenvalue weighted by atomic mass is 10.1. The average Bonchev–Trinajstić information content (AvgIpc) is 2.67. The molecule has 0 unspecified atom stereocenters. The maximum atomic E-state index is 12.3. The van der Waals surface area contributed by atoms with Gasteiger partial charge in [0.05, 0.1) is 16.3 Å². The van der Waals surface area contributed by atoms with Crippen LogP contribution in [-0.4, -0.2) is 18.9 Å². The molecule has 0 aliphatic heterocycles. The summed E-state index contributed by atoms with van der Waals surface area (Å²) in [6, 6.07) is 17.1. The Morgan fingerprint density at radius 3 is 2.21 bits per heavy atom. The Bertz CT molecular complexity index is 1170. The molecule has 9 heteroatoms. The Kier molecular flexibility index (Phi) is 5.71. The summed E-state index contributed by atoms with van der Waals surface area (Å²) in [4.78, 5) is 12.1. The number of azo groups is 1. The maximum absolute atomic E-state index is 12.3.